The number of hydrogen-bond acceptors (Lipinski definition) is 8. The Bertz CT molecular complexity index is 1970. The van der Waals surface area contributed by atoms with Gasteiger partial charge in [-0.25, -0.2) is 32.9 Å². The van der Waals surface area contributed by atoms with Gasteiger partial charge in [0.15, 0.2) is 16.5 Å². The van der Waals surface area contributed by atoms with E-state index < -0.39 is 27.5 Å². The first-order chi connectivity index (χ1) is 22.7. The maximum Gasteiger partial charge on any atom is 0.338 e. The summed E-state index contributed by atoms with van der Waals surface area (Å²) < 4.78 is 34.8. The maximum atomic E-state index is 13.9. The molecule has 0 fully saturated rings. The molecule has 2 aromatic heterocycles. The van der Waals surface area contributed by atoms with Crippen molar-refractivity contribution < 1.29 is 23.1 Å². The van der Waals surface area contributed by atoms with E-state index in [-0.39, 0.29) is 45.6 Å². The van der Waals surface area contributed by atoms with Crippen molar-refractivity contribution in [3.63, 3.8) is 0 Å². The van der Waals surface area contributed by atoms with E-state index in [1.807, 2.05) is 85.8 Å². The van der Waals surface area contributed by atoms with E-state index in [4.69, 9.17) is 4.74 Å². The molecular weight excluding hydrogens is 614 g/mol. The van der Waals surface area contributed by atoms with Crippen molar-refractivity contribution in [3.05, 3.63) is 119 Å². The second-order valence-corrected chi connectivity index (χ2v) is 13.6. The monoisotopic (exact) mass is 651 g/mol. The number of aliphatic hydroxyl groups is 1. The Kier molecular flexibility index (Phi) is 9.19. The molecule has 1 unspecified atom stereocenters. The smallest absolute Gasteiger partial charge is 0.338 e. The van der Waals surface area contributed by atoms with Crippen LogP contribution in [0.15, 0.2) is 107 Å². The fourth-order valence-electron chi connectivity index (χ4n) is 6.18. The van der Waals surface area contributed by atoms with Crippen LogP contribution in [0.25, 0.3) is 22.6 Å². The highest BCUT2D eigenvalue weighted by Gasteiger charge is 2.44. The van der Waals surface area contributed by atoms with Gasteiger partial charge in [0.25, 0.3) is 10.0 Å². The minimum Gasteiger partial charge on any atom is -0.512 e. The van der Waals surface area contributed by atoms with Crippen LogP contribution in [-0.4, -0.2) is 52.1 Å². The number of H-pyrrole nitrogens is 1. The predicted octanol–water partition coefficient (Wildman–Crippen LogP) is 6.19. The highest BCUT2D eigenvalue weighted by Crippen LogP contribution is 2.42. The molecule has 3 aromatic carbocycles. The Balaban J connectivity index is 1.37. The minimum absolute atomic E-state index is 0.0474. The third-order valence-electron chi connectivity index (χ3n) is 8.73. The topological polar surface area (TPSA) is 147 Å². The number of esters is 1. The zero-order valence-corrected chi connectivity index (χ0v) is 27.1. The minimum atomic E-state index is -4.02. The number of cyclic esters (lactones) is 1. The molecule has 1 aliphatic heterocycles. The molecule has 47 heavy (non-hydrogen) atoms. The molecule has 3 heterocycles. The third-order valence-corrected chi connectivity index (χ3v) is 10.1. The van der Waals surface area contributed by atoms with Gasteiger partial charge in [0.05, 0.1) is 11.5 Å². The highest BCUT2D eigenvalue weighted by atomic mass is 32.2. The standard InChI is InChI=1S/C36H37N5O5S/c1-3-27(32-38-30-33(40-32)39-31(26-17-11-6-12-18-26)41-34(30)47(44,45)37-2)29-28(42)23-36(46-35(29)43,21-19-24-13-7-4-8-14-24)22-20-25-15-9-5-10-16-25/h4-18,27,37,42H,3,19-23H2,1-2H3,(H,38,39,40,41). The molecule has 0 aliphatic carbocycles. The van der Waals surface area contributed by atoms with Crippen LogP contribution in [0.5, 0.6) is 0 Å². The van der Waals surface area contributed by atoms with Crippen LogP contribution in [0.3, 0.4) is 0 Å². The van der Waals surface area contributed by atoms with E-state index in [0.29, 0.717) is 37.7 Å². The molecule has 0 saturated carbocycles. The van der Waals surface area contributed by atoms with E-state index in [0.717, 1.165) is 11.1 Å². The van der Waals surface area contributed by atoms with Crippen LogP contribution < -0.4 is 4.72 Å². The quantitative estimate of drug-likeness (QED) is 0.107. The maximum absolute atomic E-state index is 13.9. The molecule has 0 spiro atoms. The number of aromatic amines is 1. The summed E-state index contributed by atoms with van der Waals surface area (Å²) in [6.45, 7) is 1.87. The first-order valence-corrected chi connectivity index (χ1v) is 17.2. The molecule has 6 rings (SSSR count). The van der Waals surface area contributed by atoms with Crippen molar-refractivity contribution in [3.8, 4) is 11.4 Å². The summed E-state index contributed by atoms with van der Waals surface area (Å²) in [5.41, 5.74) is 2.30. The van der Waals surface area contributed by atoms with Gasteiger partial charge in [-0.05, 0) is 50.3 Å². The number of rotatable bonds is 12. The first-order valence-electron chi connectivity index (χ1n) is 15.7. The van der Waals surface area contributed by atoms with Crippen molar-refractivity contribution >= 4 is 27.2 Å². The van der Waals surface area contributed by atoms with Gasteiger partial charge in [-0.3, -0.25) is 0 Å². The first kappa shape index (κ1) is 32.1. The third kappa shape index (κ3) is 6.81. The molecule has 0 radical (unpaired) electrons. The van der Waals surface area contributed by atoms with Gasteiger partial charge in [-0.15, -0.1) is 0 Å². The number of fused-ring (bicyclic) bond motifs is 1. The Morgan fingerprint density at radius 3 is 2.00 bits per heavy atom. The summed E-state index contributed by atoms with van der Waals surface area (Å²) in [6.07, 6.45) is 2.97. The van der Waals surface area contributed by atoms with Crippen molar-refractivity contribution in [2.45, 2.75) is 62.0 Å². The molecule has 0 saturated heterocycles. The van der Waals surface area contributed by atoms with Gasteiger partial charge in [0.2, 0.25) is 0 Å². The molecule has 10 nitrogen and oxygen atoms in total. The van der Waals surface area contributed by atoms with Crippen molar-refractivity contribution in [1.29, 1.82) is 0 Å². The number of sulfonamides is 1. The van der Waals surface area contributed by atoms with Crippen LogP contribution in [0.4, 0.5) is 0 Å². The van der Waals surface area contributed by atoms with Gasteiger partial charge in [0, 0.05) is 12.0 Å². The summed E-state index contributed by atoms with van der Waals surface area (Å²) in [6, 6.07) is 29.0. The van der Waals surface area contributed by atoms with Crippen LogP contribution in [0.2, 0.25) is 0 Å². The predicted molar refractivity (Wildman–Crippen MR) is 179 cm³/mol. The van der Waals surface area contributed by atoms with Gasteiger partial charge in [0.1, 0.15) is 22.7 Å². The summed E-state index contributed by atoms with van der Waals surface area (Å²) in [7, 11) is -2.71. The lowest BCUT2D eigenvalue weighted by atomic mass is 9.80. The highest BCUT2D eigenvalue weighted by molar-refractivity contribution is 7.89. The number of aliphatic hydroxyl groups excluding tert-OH is 1. The van der Waals surface area contributed by atoms with Gasteiger partial charge < -0.3 is 14.8 Å². The van der Waals surface area contributed by atoms with Crippen LogP contribution >= 0.6 is 0 Å². The Labute approximate surface area is 274 Å². The lowest BCUT2D eigenvalue weighted by Crippen LogP contribution is -2.42. The number of hydrogen-bond donors (Lipinski definition) is 3. The molecule has 1 aliphatic rings. The summed E-state index contributed by atoms with van der Waals surface area (Å²) in [5, 5.41) is 11.4. The van der Waals surface area contributed by atoms with E-state index >= 15 is 0 Å². The lowest BCUT2D eigenvalue weighted by Gasteiger charge is -2.38. The Hall–Kier alpha value is -4.87. The molecule has 11 heteroatoms. The molecule has 0 amide bonds. The van der Waals surface area contributed by atoms with E-state index in [2.05, 4.69) is 24.7 Å². The van der Waals surface area contributed by atoms with Crippen molar-refractivity contribution in [1.82, 2.24) is 24.7 Å². The molecule has 242 valence electrons. The zero-order valence-electron chi connectivity index (χ0n) is 26.3. The van der Waals surface area contributed by atoms with Crippen LogP contribution in [0.1, 0.15) is 55.5 Å². The van der Waals surface area contributed by atoms with Crippen LogP contribution in [-0.2, 0) is 32.4 Å². The summed E-state index contributed by atoms with van der Waals surface area (Å²) in [4.78, 5) is 30.6. The number of aromatic nitrogens is 4. The molecular formula is C36H37N5O5S. The molecule has 5 aromatic rings. The van der Waals surface area contributed by atoms with Crippen LogP contribution in [0, 0.1) is 0 Å². The normalized spacial score (nSPS) is 15.5. The second-order valence-electron chi connectivity index (χ2n) is 11.8. The van der Waals surface area contributed by atoms with Gasteiger partial charge >= 0.3 is 5.97 Å². The summed E-state index contributed by atoms with van der Waals surface area (Å²) >= 11 is 0. The van der Waals surface area contributed by atoms with E-state index in [1.54, 1.807) is 12.1 Å². The fourth-order valence-corrected chi connectivity index (χ4v) is 6.99. The Morgan fingerprint density at radius 2 is 1.47 bits per heavy atom. The number of ether oxygens (including phenoxy) is 1. The largest absolute Gasteiger partial charge is 0.512 e. The molecule has 1 atom stereocenters. The van der Waals surface area contributed by atoms with E-state index in [1.165, 1.54) is 7.05 Å². The van der Waals surface area contributed by atoms with Crippen molar-refractivity contribution in [2.75, 3.05) is 7.05 Å². The number of benzene rings is 3. The SMILES string of the molecule is CCC(C1=C(O)CC(CCc2ccccc2)(CCc2ccccc2)OC1=O)c1nc2nc(-c3ccccc3)nc(S(=O)(=O)NC)c2[nH]1. The Morgan fingerprint density at radius 1 is 0.894 bits per heavy atom. The second kappa shape index (κ2) is 13.5. The average Bonchev–Trinajstić information content (AvgIpc) is 3.53. The number of carbonyl (C=O) groups is 1. The molecule has 0 bridgehead atoms. The number of carbonyl (C=O) groups excluding carboxylic acids is 1. The molecule has 3 N–H and O–H groups in total. The number of imidazole rings is 1. The number of aryl methyl sites for hydroxylation is 2. The summed E-state index contributed by atoms with van der Waals surface area (Å²) in [5.74, 6) is -0.883. The zero-order chi connectivity index (χ0) is 33.0. The van der Waals surface area contributed by atoms with Gasteiger partial charge in [-0.1, -0.05) is 97.9 Å². The number of nitrogens with one attached hydrogen (secondary N) is 2. The number of nitrogens with zero attached hydrogens (tertiary/aromatic N) is 3. The van der Waals surface area contributed by atoms with Gasteiger partial charge in [-0.2, -0.15) is 0 Å². The average molecular weight is 652 g/mol. The van der Waals surface area contributed by atoms with Crippen molar-refractivity contribution in [2.24, 2.45) is 0 Å². The lowest BCUT2D eigenvalue weighted by molar-refractivity contribution is -0.161. The van der Waals surface area contributed by atoms with E-state index in [9.17, 15) is 18.3 Å². The fraction of sp³-hybridized carbons (Fsp3) is 0.278.